The minimum absolute atomic E-state index is 0.295. The van der Waals surface area contributed by atoms with E-state index in [-0.39, 0.29) is 12.3 Å². The topological polar surface area (TPSA) is 87.0 Å². The number of para-hydroxylation sites is 1. The van der Waals surface area contributed by atoms with Crippen molar-refractivity contribution in [2.75, 3.05) is 0 Å². The summed E-state index contributed by atoms with van der Waals surface area (Å²) >= 11 is 0. The third-order valence-corrected chi connectivity index (χ3v) is 5.66. The molecule has 7 heteroatoms. The second-order valence-electron chi connectivity index (χ2n) is 7.75. The van der Waals surface area contributed by atoms with Crippen LogP contribution in [0.2, 0.25) is 0 Å². The first kappa shape index (κ1) is 18.4. The number of rotatable bonds is 3. The Labute approximate surface area is 172 Å². The highest BCUT2D eigenvalue weighted by Crippen LogP contribution is 2.32. The molecule has 0 unspecified atom stereocenters. The average molecular weight is 400 g/mol. The van der Waals surface area contributed by atoms with E-state index in [4.69, 9.17) is 9.72 Å². The lowest BCUT2D eigenvalue weighted by molar-refractivity contribution is 0.0336. The van der Waals surface area contributed by atoms with Crippen LogP contribution in [-0.4, -0.2) is 25.9 Å². The summed E-state index contributed by atoms with van der Waals surface area (Å²) in [5.74, 6) is 0.00166. The fourth-order valence-corrected chi connectivity index (χ4v) is 4.10. The predicted octanol–water partition coefficient (Wildman–Crippen LogP) is 3.28. The summed E-state index contributed by atoms with van der Waals surface area (Å²) in [6.45, 7) is 1.88. The van der Waals surface area contributed by atoms with Gasteiger partial charge in [-0.3, -0.25) is 9.78 Å². The molecule has 30 heavy (non-hydrogen) atoms. The van der Waals surface area contributed by atoms with Gasteiger partial charge in [-0.15, -0.1) is 5.10 Å². The van der Waals surface area contributed by atoms with Crippen molar-refractivity contribution in [2.45, 2.75) is 32.9 Å². The molecule has 0 aliphatic heterocycles. The number of hydrogen-bond acceptors (Lipinski definition) is 6. The lowest BCUT2D eigenvalue weighted by Gasteiger charge is -2.24. The molecule has 4 aromatic rings. The van der Waals surface area contributed by atoms with E-state index in [9.17, 15) is 9.59 Å². The van der Waals surface area contributed by atoms with Crippen LogP contribution in [0.3, 0.4) is 0 Å². The van der Waals surface area contributed by atoms with Crippen LogP contribution in [0.4, 0.5) is 0 Å². The molecule has 0 saturated carbocycles. The molecule has 150 valence electrons. The van der Waals surface area contributed by atoms with E-state index in [0.29, 0.717) is 22.4 Å². The van der Waals surface area contributed by atoms with E-state index in [1.807, 2.05) is 24.3 Å². The second-order valence-corrected chi connectivity index (χ2v) is 7.75. The number of aromatic nitrogens is 4. The van der Waals surface area contributed by atoms with Crippen molar-refractivity contribution in [3.05, 3.63) is 75.7 Å². The van der Waals surface area contributed by atoms with Gasteiger partial charge < -0.3 is 4.74 Å². The van der Waals surface area contributed by atoms with Crippen molar-refractivity contribution >= 4 is 27.8 Å². The Morgan fingerprint density at radius 2 is 1.83 bits per heavy atom. The number of ether oxygens (including phenoxy) is 1. The molecule has 0 saturated heterocycles. The summed E-state index contributed by atoms with van der Waals surface area (Å²) in [4.78, 5) is 30.6. The lowest BCUT2D eigenvalue weighted by atomic mass is 9.84. The van der Waals surface area contributed by atoms with E-state index in [1.165, 1.54) is 0 Å². The quantitative estimate of drug-likeness (QED) is 0.491. The van der Waals surface area contributed by atoms with Gasteiger partial charge in [0, 0.05) is 11.1 Å². The van der Waals surface area contributed by atoms with E-state index >= 15 is 0 Å². The maximum Gasteiger partial charge on any atom is 0.340 e. The number of pyridine rings is 1. The fourth-order valence-electron chi connectivity index (χ4n) is 4.10. The summed E-state index contributed by atoms with van der Waals surface area (Å²) in [7, 11) is 0. The minimum Gasteiger partial charge on any atom is -0.439 e. The Morgan fingerprint density at radius 1 is 1.10 bits per heavy atom. The van der Waals surface area contributed by atoms with Crippen LogP contribution < -0.4 is 5.56 Å². The van der Waals surface area contributed by atoms with Crippen LogP contribution in [0.15, 0.2) is 53.3 Å². The van der Waals surface area contributed by atoms with Gasteiger partial charge in [0.2, 0.25) is 0 Å². The number of esters is 1. The Bertz CT molecular complexity index is 1350. The molecule has 0 amide bonds. The molecule has 5 rings (SSSR count). The molecule has 7 nitrogen and oxygen atoms in total. The molecular weight excluding hydrogens is 380 g/mol. The first-order valence-electron chi connectivity index (χ1n) is 10.0. The maximum absolute atomic E-state index is 13.2. The molecule has 0 radical (unpaired) electrons. The first-order chi connectivity index (χ1) is 14.6. The van der Waals surface area contributed by atoms with Crippen molar-refractivity contribution in [2.24, 2.45) is 5.92 Å². The normalized spacial score (nSPS) is 15.8. The summed E-state index contributed by atoms with van der Waals surface area (Å²) in [6, 6.07) is 14.5. The van der Waals surface area contributed by atoms with Crippen LogP contribution in [0.5, 0.6) is 0 Å². The van der Waals surface area contributed by atoms with Gasteiger partial charge in [0.25, 0.3) is 5.56 Å². The van der Waals surface area contributed by atoms with Gasteiger partial charge in [-0.1, -0.05) is 42.5 Å². The first-order valence-corrected chi connectivity index (χ1v) is 10.0. The molecule has 0 spiro atoms. The van der Waals surface area contributed by atoms with Crippen LogP contribution in [0.25, 0.3) is 21.8 Å². The van der Waals surface area contributed by atoms with Crippen molar-refractivity contribution in [3.8, 4) is 0 Å². The van der Waals surface area contributed by atoms with E-state index in [0.717, 1.165) is 46.1 Å². The molecule has 1 aliphatic carbocycles. The standard InChI is InChI=1S/C23H20N4O3/c1-14-10-11-19-17(12-14)21(15-6-2-4-8-18(15)24-19)23(29)30-13-27-22(28)16-7-3-5-9-20(16)25-26-27/h2-9,14H,10-13H2,1H3/t14-/m0/s1. The van der Waals surface area contributed by atoms with E-state index in [1.54, 1.807) is 24.3 Å². The molecule has 0 fully saturated rings. The zero-order valence-electron chi connectivity index (χ0n) is 16.5. The van der Waals surface area contributed by atoms with Gasteiger partial charge in [0.05, 0.1) is 16.5 Å². The van der Waals surface area contributed by atoms with Gasteiger partial charge >= 0.3 is 5.97 Å². The molecule has 0 bridgehead atoms. The fraction of sp³-hybridized carbons (Fsp3) is 0.261. The predicted molar refractivity (Wildman–Crippen MR) is 112 cm³/mol. The maximum atomic E-state index is 13.2. The van der Waals surface area contributed by atoms with Gasteiger partial charge in [0.15, 0.2) is 6.73 Å². The number of hydrogen-bond donors (Lipinski definition) is 0. The van der Waals surface area contributed by atoms with Crippen LogP contribution in [0.1, 0.15) is 35.0 Å². The largest absolute Gasteiger partial charge is 0.439 e. The smallest absolute Gasteiger partial charge is 0.340 e. The summed E-state index contributed by atoms with van der Waals surface area (Å²) in [5.41, 5.74) is 3.40. The molecule has 2 heterocycles. The summed E-state index contributed by atoms with van der Waals surface area (Å²) in [6.07, 6.45) is 2.68. The second kappa shape index (κ2) is 7.33. The number of benzene rings is 2. The molecule has 2 aromatic carbocycles. The zero-order valence-corrected chi connectivity index (χ0v) is 16.5. The number of nitrogens with zero attached hydrogens (tertiary/aromatic N) is 4. The number of aryl methyl sites for hydroxylation is 1. The molecular formula is C23H20N4O3. The van der Waals surface area contributed by atoms with E-state index in [2.05, 4.69) is 17.2 Å². The highest BCUT2D eigenvalue weighted by molar-refractivity contribution is 6.05. The van der Waals surface area contributed by atoms with Crippen molar-refractivity contribution in [3.63, 3.8) is 0 Å². The van der Waals surface area contributed by atoms with Crippen molar-refractivity contribution in [1.82, 2.24) is 20.0 Å². The van der Waals surface area contributed by atoms with Gasteiger partial charge in [0.1, 0.15) is 5.52 Å². The Morgan fingerprint density at radius 3 is 2.67 bits per heavy atom. The van der Waals surface area contributed by atoms with Gasteiger partial charge in [-0.25, -0.2) is 4.79 Å². The lowest BCUT2D eigenvalue weighted by Crippen LogP contribution is -2.27. The molecule has 1 aliphatic rings. The number of fused-ring (bicyclic) bond motifs is 3. The Kier molecular flexibility index (Phi) is 4.50. The monoisotopic (exact) mass is 400 g/mol. The highest BCUT2D eigenvalue weighted by atomic mass is 16.5. The van der Waals surface area contributed by atoms with Crippen molar-refractivity contribution in [1.29, 1.82) is 0 Å². The van der Waals surface area contributed by atoms with Crippen molar-refractivity contribution < 1.29 is 9.53 Å². The van der Waals surface area contributed by atoms with Gasteiger partial charge in [-0.05, 0) is 48.9 Å². The Balaban J connectivity index is 1.52. The van der Waals surface area contributed by atoms with E-state index < -0.39 is 5.97 Å². The number of carbonyl (C=O) groups excluding carboxylic acids is 1. The molecule has 0 N–H and O–H groups in total. The SMILES string of the molecule is C[C@H]1CCc2nc3ccccc3c(C(=O)OCn3nnc4ccccc4c3=O)c2C1. The summed E-state index contributed by atoms with van der Waals surface area (Å²) < 4.78 is 6.62. The van der Waals surface area contributed by atoms with Crippen LogP contribution >= 0.6 is 0 Å². The van der Waals surface area contributed by atoms with Gasteiger partial charge in [-0.2, -0.15) is 4.68 Å². The molecule has 1 atom stereocenters. The minimum atomic E-state index is -0.471. The molecule has 2 aromatic heterocycles. The third-order valence-electron chi connectivity index (χ3n) is 5.66. The average Bonchev–Trinajstić information content (AvgIpc) is 2.77. The third kappa shape index (κ3) is 3.12. The number of carbonyl (C=O) groups is 1. The van der Waals surface area contributed by atoms with Crippen LogP contribution in [0, 0.1) is 5.92 Å². The summed E-state index contributed by atoms with van der Waals surface area (Å²) in [5, 5.41) is 9.14. The Hall–Kier alpha value is -3.61. The van der Waals surface area contributed by atoms with Crippen LogP contribution in [-0.2, 0) is 24.3 Å². The highest BCUT2D eigenvalue weighted by Gasteiger charge is 2.26. The zero-order chi connectivity index (χ0) is 20.7.